The van der Waals surface area contributed by atoms with Crippen molar-refractivity contribution in [3.63, 3.8) is 0 Å². The van der Waals surface area contributed by atoms with Crippen molar-refractivity contribution in [2.75, 3.05) is 45.4 Å². The van der Waals surface area contributed by atoms with Crippen LogP contribution in [0, 0.1) is 13.8 Å². The summed E-state index contributed by atoms with van der Waals surface area (Å²) in [6.07, 6.45) is 5.23. The Labute approximate surface area is 400 Å². The van der Waals surface area contributed by atoms with Gasteiger partial charge in [0.1, 0.15) is 34.1 Å². The Balaban J connectivity index is 1.29. The van der Waals surface area contributed by atoms with Crippen LogP contribution in [0.25, 0.3) is 44.5 Å². The quantitative estimate of drug-likeness (QED) is 0.0404. The van der Waals surface area contributed by atoms with Crippen LogP contribution < -0.4 is 31.6 Å². The molecular weight excluding hydrogens is 907 g/mol. The number of primary amides is 2. The largest absolute Gasteiger partial charge is 0.491 e. The number of methoxy groups -OCH3 is 1. The van der Waals surface area contributed by atoms with E-state index in [4.69, 9.17) is 50.5 Å². The van der Waals surface area contributed by atoms with Gasteiger partial charge in [0.2, 0.25) is 17.8 Å². The molecule has 7 N–H and O–H groups in total. The molecule has 0 saturated carbocycles. The van der Waals surface area contributed by atoms with Gasteiger partial charge in [-0.25, -0.2) is 19.7 Å². The molecule has 5 aromatic heterocycles. The summed E-state index contributed by atoms with van der Waals surface area (Å²) in [6.45, 7) is 9.51. The summed E-state index contributed by atoms with van der Waals surface area (Å²) in [5.41, 5.74) is 16.4. The van der Waals surface area contributed by atoms with Crippen molar-refractivity contribution in [3.8, 4) is 23.0 Å². The number of anilines is 1. The van der Waals surface area contributed by atoms with Gasteiger partial charge in [0, 0.05) is 87.4 Å². The molecule has 7 aromatic rings. The van der Waals surface area contributed by atoms with Crippen LogP contribution in [0.3, 0.4) is 0 Å². The third-order valence-corrected chi connectivity index (χ3v) is 11.0. The first kappa shape index (κ1) is 49.6. The number of nitrogens with zero attached hydrogens (tertiary/aromatic N) is 9. The molecule has 0 bridgehead atoms. The minimum atomic E-state index is -1.06. The Morgan fingerprint density at radius 3 is 2.07 bits per heavy atom. The molecule has 0 atom stereocenters. The molecule has 0 aliphatic carbocycles. The predicted octanol–water partition coefficient (Wildman–Crippen LogP) is 4.74. The lowest BCUT2D eigenvalue weighted by Gasteiger charge is -2.13. The van der Waals surface area contributed by atoms with Gasteiger partial charge in [-0.3, -0.25) is 33.9 Å². The third kappa shape index (κ3) is 11.2. The third-order valence-electron chi connectivity index (χ3n) is 11.0. The number of hydrogen-bond acceptors (Lipinski definition) is 14. The molecule has 0 fully saturated rings. The normalized spacial score (nSPS) is 11.5. The smallest absolute Gasteiger partial charge is 0.407 e. The van der Waals surface area contributed by atoms with Gasteiger partial charge in [0.15, 0.2) is 5.82 Å². The van der Waals surface area contributed by atoms with Crippen molar-refractivity contribution in [2.45, 2.75) is 73.1 Å². The van der Waals surface area contributed by atoms with Crippen LogP contribution in [0.1, 0.15) is 75.7 Å². The number of carboxylic acid groups (broad SMARTS) is 1. The maximum Gasteiger partial charge on any atom is 0.407 e. The molecule has 70 heavy (non-hydrogen) atoms. The first-order valence-electron chi connectivity index (χ1n) is 22.6. The van der Waals surface area contributed by atoms with E-state index < -0.39 is 29.8 Å². The summed E-state index contributed by atoms with van der Waals surface area (Å²) in [6, 6.07) is 9.88. The molecule has 0 saturated heterocycles. The molecule has 0 aliphatic heterocycles. The Bertz CT molecular complexity index is 3130. The number of hydrogen-bond donors (Lipinski definition) is 5. The van der Waals surface area contributed by atoms with Gasteiger partial charge in [-0.15, -0.1) is 0 Å². The van der Waals surface area contributed by atoms with Crippen LogP contribution in [0.15, 0.2) is 54.7 Å². The Morgan fingerprint density at radius 1 is 0.757 bits per heavy atom. The second-order valence-corrected chi connectivity index (χ2v) is 16.0. The Hall–Kier alpha value is -8.34. The summed E-state index contributed by atoms with van der Waals surface area (Å²) < 4.78 is 30.0. The topological polar surface area (TPSA) is 303 Å². The highest BCUT2D eigenvalue weighted by atomic mass is 16.5. The van der Waals surface area contributed by atoms with Crippen LogP contribution in [0.5, 0.6) is 11.5 Å². The van der Waals surface area contributed by atoms with Gasteiger partial charge < -0.3 is 50.0 Å². The summed E-state index contributed by atoms with van der Waals surface area (Å²) in [4.78, 5) is 76.7. The first-order valence-corrected chi connectivity index (χ1v) is 22.6. The molecule has 4 amide bonds. The van der Waals surface area contributed by atoms with Crippen molar-refractivity contribution in [1.82, 2.24) is 49.0 Å². The van der Waals surface area contributed by atoms with Gasteiger partial charge in [0.05, 0.1) is 48.7 Å². The number of fused-ring (bicyclic) bond motifs is 4. The fraction of sp³-hybridized carbons (Fsp3) is 0.362. The lowest BCUT2D eigenvalue weighted by atomic mass is 10.1. The molecule has 2 aromatic carbocycles. The van der Waals surface area contributed by atoms with E-state index in [-0.39, 0.29) is 69.4 Å². The van der Waals surface area contributed by atoms with Crippen LogP contribution in [0.4, 0.5) is 10.7 Å². The number of amides is 4. The van der Waals surface area contributed by atoms with E-state index in [0.717, 1.165) is 5.69 Å². The molecule has 23 nitrogen and oxygen atoms in total. The molecule has 0 spiro atoms. The van der Waals surface area contributed by atoms with Crippen molar-refractivity contribution in [2.24, 2.45) is 11.5 Å². The van der Waals surface area contributed by atoms with E-state index in [0.29, 0.717) is 93.5 Å². The van der Waals surface area contributed by atoms with Crippen LogP contribution in [-0.2, 0) is 40.4 Å². The fourth-order valence-corrected chi connectivity index (χ4v) is 7.85. The number of alkyl carbamates (subject to hydrolysis) is 1. The maximum absolute atomic E-state index is 13.9. The number of ether oxygens (including phenoxy) is 4. The number of benzene rings is 2. The highest BCUT2D eigenvalue weighted by molar-refractivity contribution is 6.12. The zero-order chi connectivity index (χ0) is 50.1. The number of allylic oxidation sites excluding steroid dienone is 2. The Morgan fingerprint density at radius 2 is 1.40 bits per heavy atom. The minimum Gasteiger partial charge on any atom is -0.491 e. The molecule has 7 rings (SSSR count). The second-order valence-electron chi connectivity index (χ2n) is 16.0. The van der Waals surface area contributed by atoms with Gasteiger partial charge in [0.25, 0.3) is 5.91 Å². The molecule has 23 heteroatoms. The second kappa shape index (κ2) is 22.2. The van der Waals surface area contributed by atoms with Crippen LogP contribution >= 0.6 is 0 Å². The van der Waals surface area contributed by atoms with Crippen molar-refractivity contribution in [3.05, 3.63) is 83.0 Å². The minimum absolute atomic E-state index is 0.0420. The molecular formula is C47H55N13O10. The lowest BCUT2D eigenvalue weighted by Crippen LogP contribution is -2.27. The van der Waals surface area contributed by atoms with Crippen molar-refractivity contribution < 1.29 is 48.0 Å². The Kier molecular flexibility index (Phi) is 15.7. The SMILES string of the molecule is CCn1nc(C)cc1C(=O)Nc1nc2cc(C(N)=O)cc(OCCCOC)c2n1C/C=C/Cn1c2nc(-c3cc(C)nn3CC)ncc2c2cc(C(N)=O)cc(OCCCOC(=O)NCCC(=O)O)c21. The van der Waals surface area contributed by atoms with Gasteiger partial charge in [-0.1, -0.05) is 12.2 Å². The number of carbonyl (C=O) groups excluding carboxylic acids is 4. The first-order chi connectivity index (χ1) is 33.7. The zero-order valence-electron chi connectivity index (χ0n) is 39.5. The van der Waals surface area contributed by atoms with E-state index in [1.807, 2.05) is 48.2 Å². The van der Waals surface area contributed by atoms with Crippen LogP contribution in [-0.4, -0.2) is 119 Å². The van der Waals surface area contributed by atoms with Gasteiger partial charge in [-0.2, -0.15) is 10.2 Å². The summed E-state index contributed by atoms with van der Waals surface area (Å²) in [7, 11) is 1.59. The fourth-order valence-electron chi connectivity index (χ4n) is 7.85. The highest BCUT2D eigenvalue weighted by Crippen LogP contribution is 2.37. The standard InChI is InChI=1S/C47H55N13O10/c1-6-59-34(20-27(3)55-59)43-51-26-32-31-22-29(41(48)63)24-36(68-18-11-19-70-47(66)50-13-12-38(61)62)39(31)57(44(32)53-43)14-8-9-15-58-40-33(23-30(42(49)64)25-37(40)69-17-10-16-67-5)52-46(58)54-45(65)35-21-28(4)56-60(35)7-2/h8-9,20-26H,6-7,10-19H2,1-5H3,(H2,48,63)(H2,49,64)(H,50,66)(H,61,62)(H,52,54,65)/b9-8+. The highest BCUT2D eigenvalue weighted by Gasteiger charge is 2.24. The van der Waals surface area contributed by atoms with E-state index in [9.17, 15) is 24.0 Å². The summed E-state index contributed by atoms with van der Waals surface area (Å²) in [5, 5.41) is 24.4. The number of carboxylic acids is 1. The summed E-state index contributed by atoms with van der Waals surface area (Å²) in [5.74, 6) is -1.68. The summed E-state index contributed by atoms with van der Waals surface area (Å²) >= 11 is 0. The number of aliphatic carboxylic acids is 1. The molecule has 368 valence electrons. The number of rotatable bonds is 24. The van der Waals surface area contributed by atoms with Crippen molar-refractivity contribution >= 4 is 68.7 Å². The van der Waals surface area contributed by atoms with E-state index in [2.05, 4.69) is 20.8 Å². The number of aromatic nitrogens is 9. The number of imidazole rings is 1. The monoisotopic (exact) mass is 961 g/mol. The average molecular weight is 962 g/mol. The number of aryl methyl sites for hydroxylation is 4. The van der Waals surface area contributed by atoms with E-state index in [1.54, 1.807) is 59.8 Å². The number of carbonyl (C=O) groups is 5. The maximum atomic E-state index is 13.9. The van der Waals surface area contributed by atoms with E-state index >= 15 is 0 Å². The number of nitrogens with one attached hydrogen (secondary N) is 2. The lowest BCUT2D eigenvalue weighted by molar-refractivity contribution is -0.136. The van der Waals surface area contributed by atoms with Crippen LogP contribution in [0.2, 0.25) is 0 Å². The molecule has 0 radical (unpaired) electrons. The van der Waals surface area contributed by atoms with Crippen molar-refractivity contribution in [1.29, 1.82) is 0 Å². The number of nitrogens with two attached hydrogens (primary N) is 2. The van der Waals surface area contributed by atoms with Gasteiger partial charge >= 0.3 is 12.1 Å². The molecule has 0 aliphatic rings. The molecule has 0 unspecified atom stereocenters. The zero-order valence-corrected chi connectivity index (χ0v) is 39.5. The predicted molar refractivity (Wildman–Crippen MR) is 257 cm³/mol. The molecule has 5 heterocycles. The van der Waals surface area contributed by atoms with E-state index in [1.165, 1.54) is 0 Å². The average Bonchev–Trinajstić information content (AvgIpc) is 4.09. The van der Waals surface area contributed by atoms with Gasteiger partial charge in [-0.05, 0) is 64.1 Å².